The van der Waals surface area contributed by atoms with Gasteiger partial charge >= 0.3 is 0 Å². The van der Waals surface area contributed by atoms with Gasteiger partial charge in [0.15, 0.2) is 0 Å². The molecule has 0 spiro atoms. The number of carbonyl (C=O) groups excluding carboxylic acids is 4. The SMILES string of the molecule is C=Cc1ccc(CCC2C=CC=C2C2=CC(=O)N(c3ccc(Cc4ccc(N5C(=O)C=CC5=O)cc4)cc3)C2=O)cc1. The Morgan fingerprint density at radius 1 is 0.690 bits per heavy atom. The molecule has 4 amide bonds. The van der Waals surface area contributed by atoms with Gasteiger partial charge in [0.1, 0.15) is 0 Å². The van der Waals surface area contributed by atoms with Crippen molar-refractivity contribution in [3.8, 4) is 0 Å². The van der Waals surface area contributed by atoms with E-state index in [-0.39, 0.29) is 29.5 Å². The molecule has 0 radical (unpaired) electrons. The van der Waals surface area contributed by atoms with Gasteiger partial charge in [-0.05, 0) is 71.4 Å². The Morgan fingerprint density at radius 3 is 1.86 bits per heavy atom. The first kappa shape index (κ1) is 26.8. The minimum atomic E-state index is -0.349. The van der Waals surface area contributed by atoms with E-state index in [4.69, 9.17) is 0 Å². The van der Waals surface area contributed by atoms with Crippen molar-refractivity contribution >= 4 is 41.1 Å². The first-order chi connectivity index (χ1) is 20.4. The van der Waals surface area contributed by atoms with Gasteiger partial charge < -0.3 is 0 Å². The van der Waals surface area contributed by atoms with Crippen LogP contribution in [0, 0.1) is 5.92 Å². The maximum atomic E-state index is 13.5. The number of nitrogens with zero attached hydrogens (tertiary/aromatic N) is 2. The smallest absolute Gasteiger partial charge is 0.265 e. The van der Waals surface area contributed by atoms with Crippen LogP contribution in [0.25, 0.3) is 6.08 Å². The molecule has 0 saturated carbocycles. The lowest BCUT2D eigenvalue weighted by Crippen LogP contribution is -2.31. The molecule has 6 rings (SSSR count). The highest BCUT2D eigenvalue weighted by atomic mass is 16.2. The Balaban J connectivity index is 1.09. The third-order valence-corrected chi connectivity index (χ3v) is 7.82. The van der Waals surface area contributed by atoms with E-state index in [0.717, 1.165) is 40.0 Å². The van der Waals surface area contributed by atoms with E-state index in [1.807, 2.05) is 54.6 Å². The zero-order valence-corrected chi connectivity index (χ0v) is 22.9. The molecule has 6 nitrogen and oxygen atoms in total. The summed E-state index contributed by atoms with van der Waals surface area (Å²) in [6.07, 6.45) is 14.1. The molecule has 0 bridgehead atoms. The highest BCUT2D eigenvalue weighted by molar-refractivity contribution is 6.32. The average Bonchev–Trinajstić information content (AvgIpc) is 3.69. The number of carbonyl (C=O) groups is 4. The van der Waals surface area contributed by atoms with Crippen molar-refractivity contribution in [2.75, 3.05) is 9.80 Å². The van der Waals surface area contributed by atoms with Crippen molar-refractivity contribution in [3.63, 3.8) is 0 Å². The quantitative estimate of drug-likeness (QED) is 0.310. The summed E-state index contributed by atoms with van der Waals surface area (Å²) in [5, 5.41) is 0. The Bertz CT molecular complexity index is 1700. The van der Waals surface area contributed by atoms with Crippen molar-refractivity contribution in [2.45, 2.75) is 19.3 Å². The van der Waals surface area contributed by atoms with Crippen molar-refractivity contribution in [1.82, 2.24) is 0 Å². The van der Waals surface area contributed by atoms with Gasteiger partial charge in [0, 0.05) is 29.7 Å². The number of amides is 4. The molecule has 206 valence electrons. The summed E-state index contributed by atoms with van der Waals surface area (Å²) in [6.45, 7) is 3.80. The maximum absolute atomic E-state index is 13.5. The molecule has 0 fully saturated rings. The second kappa shape index (κ2) is 11.3. The van der Waals surface area contributed by atoms with Crippen LogP contribution >= 0.6 is 0 Å². The largest absolute Gasteiger partial charge is 0.269 e. The molecule has 42 heavy (non-hydrogen) atoms. The normalized spacial score (nSPS) is 17.9. The fourth-order valence-electron chi connectivity index (χ4n) is 5.54. The maximum Gasteiger partial charge on any atom is 0.265 e. The van der Waals surface area contributed by atoms with E-state index in [2.05, 4.69) is 24.8 Å². The number of allylic oxidation sites excluding steroid dienone is 3. The van der Waals surface area contributed by atoms with E-state index in [0.29, 0.717) is 23.4 Å². The highest BCUT2D eigenvalue weighted by Gasteiger charge is 2.36. The number of hydrogen-bond donors (Lipinski definition) is 0. The van der Waals surface area contributed by atoms with E-state index in [1.54, 1.807) is 24.3 Å². The van der Waals surface area contributed by atoms with Crippen LogP contribution in [0.5, 0.6) is 0 Å². The van der Waals surface area contributed by atoms with Gasteiger partial charge in [0.2, 0.25) is 0 Å². The van der Waals surface area contributed by atoms with Crippen LogP contribution in [0.1, 0.15) is 28.7 Å². The van der Waals surface area contributed by atoms with Crippen molar-refractivity contribution in [2.24, 2.45) is 5.92 Å². The van der Waals surface area contributed by atoms with Crippen LogP contribution in [0.3, 0.4) is 0 Å². The van der Waals surface area contributed by atoms with Crippen molar-refractivity contribution in [1.29, 1.82) is 0 Å². The molecule has 2 aliphatic heterocycles. The third-order valence-electron chi connectivity index (χ3n) is 7.82. The van der Waals surface area contributed by atoms with Crippen molar-refractivity contribution in [3.05, 3.63) is 149 Å². The van der Waals surface area contributed by atoms with Crippen LogP contribution in [-0.2, 0) is 32.0 Å². The molecule has 6 heteroatoms. The fourth-order valence-corrected chi connectivity index (χ4v) is 5.54. The lowest BCUT2D eigenvalue weighted by molar-refractivity contribution is -0.121. The summed E-state index contributed by atoms with van der Waals surface area (Å²) in [5.74, 6) is -1.28. The predicted octanol–water partition coefficient (Wildman–Crippen LogP) is 5.89. The Morgan fingerprint density at radius 2 is 1.26 bits per heavy atom. The number of aryl methyl sites for hydroxylation is 1. The minimum absolute atomic E-state index is 0.0683. The molecule has 2 heterocycles. The molecular weight excluding hydrogens is 524 g/mol. The Kier molecular flexibility index (Phi) is 7.19. The summed E-state index contributed by atoms with van der Waals surface area (Å²) in [5.41, 5.74) is 6.68. The van der Waals surface area contributed by atoms with Crippen LogP contribution in [-0.4, -0.2) is 23.6 Å². The first-order valence-corrected chi connectivity index (χ1v) is 13.9. The number of anilines is 2. The van der Waals surface area contributed by atoms with Gasteiger partial charge in [0.25, 0.3) is 23.6 Å². The first-order valence-electron chi connectivity index (χ1n) is 13.9. The molecule has 0 aromatic heterocycles. The molecule has 1 unspecified atom stereocenters. The third kappa shape index (κ3) is 5.22. The molecule has 1 atom stereocenters. The molecule has 3 aromatic rings. The zero-order valence-electron chi connectivity index (χ0n) is 22.9. The molecular formula is C36H28N2O4. The second-order valence-corrected chi connectivity index (χ2v) is 10.5. The van der Waals surface area contributed by atoms with E-state index >= 15 is 0 Å². The Labute approximate surface area is 244 Å². The highest BCUT2D eigenvalue weighted by Crippen LogP contribution is 2.35. The zero-order chi connectivity index (χ0) is 29.2. The summed E-state index contributed by atoms with van der Waals surface area (Å²) in [7, 11) is 0. The molecule has 0 saturated heterocycles. The number of imide groups is 2. The van der Waals surface area contributed by atoms with Crippen molar-refractivity contribution < 1.29 is 19.2 Å². The van der Waals surface area contributed by atoms with Gasteiger partial charge in [-0.2, -0.15) is 0 Å². The Hall–Kier alpha value is -5.36. The fraction of sp³-hybridized carbons (Fsp3) is 0.111. The molecule has 0 N–H and O–H groups in total. The van der Waals surface area contributed by atoms with E-state index in [1.165, 1.54) is 28.7 Å². The summed E-state index contributed by atoms with van der Waals surface area (Å²) < 4.78 is 0. The predicted molar refractivity (Wildman–Crippen MR) is 163 cm³/mol. The second-order valence-electron chi connectivity index (χ2n) is 10.5. The number of rotatable bonds is 9. The molecule has 3 aliphatic rings. The van der Waals surface area contributed by atoms with E-state index < -0.39 is 0 Å². The standard InChI is InChI=1S/C36H28N2O4/c1-2-24-6-8-25(9-7-24)10-15-28-4-3-5-31(28)32-23-35(41)38(36(32)42)30-18-13-27(14-19-30)22-26-11-16-29(17-12-26)37-33(39)20-21-34(37)40/h2-9,11-14,16-21,23,28H,1,10,15,22H2. The lowest BCUT2D eigenvalue weighted by atomic mass is 9.90. The summed E-state index contributed by atoms with van der Waals surface area (Å²) in [4.78, 5) is 52.6. The molecule has 3 aromatic carbocycles. The van der Waals surface area contributed by atoms with Gasteiger partial charge in [-0.1, -0.05) is 79.4 Å². The number of benzene rings is 3. The van der Waals surface area contributed by atoms with Crippen LogP contribution in [0.4, 0.5) is 11.4 Å². The minimum Gasteiger partial charge on any atom is -0.269 e. The summed E-state index contributed by atoms with van der Waals surface area (Å²) >= 11 is 0. The van der Waals surface area contributed by atoms with Crippen LogP contribution in [0.2, 0.25) is 0 Å². The monoisotopic (exact) mass is 552 g/mol. The summed E-state index contributed by atoms with van der Waals surface area (Å²) in [6, 6.07) is 22.9. The van der Waals surface area contributed by atoms with Gasteiger partial charge in [-0.3, -0.25) is 19.2 Å². The van der Waals surface area contributed by atoms with E-state index in [9.17, 15) is 19.2 Å². The van der Waals surface area contributed by atoms with Gasteiger partial charge in [0.05, 0.1) is 11.4 Å². The van der Waals surface area contributed by atoms with Crippen LogP contribution < -0.4 is 9.80 Å². The van der Waals surface area contributed by atoms with Crippen LogP contribution in [0.15, 0.2) is 127 Å². The topological polar surface area (TPSA) is 74.8 Å². The van der Waals surface area contributed by atoms with Gasteiger partial charge in [-0.25, -0.2) is 9.80 Å². The lowest BCUT2D eigenvalue weighted by Gasteiger charge is -2.18. The molecule has 1 aliphatic carbocycles. The van der Waals surface area contributed by atoms with Gasteiger partial charge in [-0.15, -0.1) is 0 Å². The number of hydrogen-bond acceptors (Lipinski definition) is 4. The average molecular weight is 553 g/mol.